The van der Waals surface area contributed by atoms with Crippen LogP contribution in [-0.4, -0.2) is 39.2 Å². The molecule has 8 heteroatoms. The van der Waals surface area contributed by atoms with Gasteiger partial charge in [0.15, 0.2) is 5.82 Å². The number of hydrogen-bond donors (Lipinski definition) is 1. The van der Waals surface area contributed by atoms with Crippen molar-refractivity contribution in [2.75, 3.05) is 19.0 Å². The highest BCUT2D eigenvalue weighted by Gasteiger charge is 2.10. The molecule has 1 aromatic carbocycles. The Hall–Kier alpha value is -2.67. The number of ether oxygens (including phenoxy) is 1. The molecule has 0 unspecified atom stereocenters. The third-order valence-corrected chi connectivity index (χ3v) is 4.60. The Morgan fingerprint density at radius 2 is 1.96 bits per heavy atom. The Balaban J connectivity index is 1.63. The number of rotatable bonds is 9. The fraction of sp³-hybridized carbons (Fsp3) is 0.400. The standard InChI is InChI=1S/C20H24ClN5O2/c1-14-12-18(22-11-5-3-4-6-19(27)28-2)26-20(23-14)24-17(25-26)13-15-7-9-16(21)10-8-15/h7-10,12,22H,3-6,11,13H2,1-2H3. The predicted molar refractivity (Wildman–Crippen MR) is 109 cm³/mol. The monoisotopic (exact) mass is 401 g/mol. The molecule has 2 aromatic heterocycles. The molecule has 3 aromatic rings. The molecule has 3 rings (SSSR count). The van der Waals surface area contributed by atoms with Gasteiger partial charge in [-0.3, -0.25) is 4.79 Å². The van der Waals surface area contributed by atoms with Crippen LogP contribution in [0.25, 0.3) is 5.78 Å². The normalized spacial score (nSPS) is 11.0. The first-order valence-corrected chi connectivity index (χ1v) is 9.71. The number of anilines is 1. The van der Waals surface area contributed by atoms with Crippen molar-refractivity contribution in [2.24, 2.45) is 0 Å². The van der Waals surface area contributed by atoms with Crippen molar-refractivity contribution in [3.05, 3.63) is 52.4 Å². The average Bonchev–Trinajstić information content (AvgIpc) is 3.08. The van der Waals surface area contributed by atoms with E-state index in [4.69, 9.17) is 11.6 Å². The van der Waals surface area contributed by atoms with Crippen LogP contribution in [0.4, 0.5) is 5.82 Å². The summed E-state index contributed by atoms with van der Waals surface area (Å²) in [5, 5.41) is 8.72. The van der Waals surface area contributed by atoms with E-state index in [0.29, 0.717) is 29.5 Å². The van der Waals surface area contributed by atoms with Gasteiger partial charge in [-0.05, 0) is 37.5 Å². The van der Waals surface area contributed by atoms with Gasteiger partial charge in [0.2, 0.25) is 0 Å². The van der Waals surface area contributed by atoms with Crippen LogP contribution in [0.5, 0.6) is 0 Å². The lowest BCUT2D eigenvalue weighted by Gasteiger charge is -2.08. The van der Waals surface area contributed by atoms with Crippen LogP contribution in [0, 0.1) is 6.92 Å². The van der Waals surface area contributed by atoms with E-state index in [9.17, 15) is 4.79 Å². The van der Waals surface area contributed by atoms with Gasteiger partial charge in [0.25, 0.3) is 5.78 Å². The molecule has 0 aliphatic rings. The van der Waals surface area contributed by atoms with Gasteiger partial charge in [-0.1, -0.05) is 30.2 Å². The molecule has 0 fully saturated rings. The molecular formula is C20H24ClN5O2. The minimum atomic E-state index is -0.157. The van der Waals surface area contributed by atoms with Crippen molar-refractivity contribution >= 4 is 29.2 Å². The Morgan fingerprint density at radius 1 is 1.18 bits per heavy atom. The summed E-state index contributed by atoms with van der Waals surface area (Å²) in [5.41, 5.74) is 1.98. The minimum absolute atomic E-state index is 0.157. The summed E-state index contributed by atoms with van der Waals surface area (Å²) < 4.78 is 6.39. The van der Waals surface area contributed by atoms with E-state index < -0.39 is 0 Å². The number of unbranched alkanes of at least 4 members (excludes halogenated alkanes) is 2. The molecule has 0 saturated carbocycles. The number of methoxy groups -OCH3 is 1. The van der Waals surface area contributed by atoms with E-state index in [-0.39, 0.29) is 5.97 Å². The highest BCUT2D eigenvalue weighted by atomic mass is 35.5. The van der Waals surface area contributed by atoms with Crippen molar-refractivity contribution < 1.29 is 9.53 Å². The van der Waals surface area contributed by atoms with Gasteiger partial charge in [0, 0.05) is 36.2 Å². The lowest BCUT2D eigenvalue weighted by atomic mass is 10.1. The van der Waals surface area contributed by atoms with Gasteiger partial charge < -0.3 is 10.1 Å². The quantitative estimate of drug-likeness (QED) is 0.433. The number of esters is 1. The molecule has 7 nitrogen and oxygen atoms in total. The van der Waals surface area contributed by atoms with Crippen LogP contribution < -0.4 is 5.32 Å². The Morgan fingerprint density at radius 3 is 2.71 bits per heavy atom. The Labute approximate surface area is 169 Å². The average molecular weight is 402 g/mol. The second kappa shape index (κ2) is 9.50. The van der Waals surface area contributed by atoms with E-state index in [1.807, 2.05) is 37.3 Å². The second-order valence-corrected chi connectivity index (χ2v) is 7.08. The van der Waals surface area contributed by atoms with Crippen molar-refractivity contribution in [1.82, 2.24) is 19.6 Å². The molecule has 148 valence electrons. The number of halogens is 1. The molecule has 0 aliphatic heterocycles. The van der Waals surface area contributed by atoms with Gasteiger partial charge in [-0.2, -0.15) is 9.50 Å². The number of aromatic nitrogens is 4. The van der Waals surface area contributed by atoms with Crippen LogP contribution in [0.15, 0.2) is 30.3 Å². The van der Waals surface area contributed by atoms with Crippen molar-refractivity contribution in [1.29, 1.82) is 0 Å². The minimum Gasteiger partial charge on any atom is -0.469 e. The van der Waals surface area contributed by atoms with Crippen molar-refractivity contribution in [3.8, 4) is 0 Å². The molecular weight excluding hydrogens is 378 g/mol. The number of carbonyl (C=O) groups is 1. The largest absolute Gasteiger partial charge is 0.469 e. The fourth-order valence-corrected chi connectivity index (χ4v) is 3.03. The first kappa shape index (κ1) is 20.1. The number of aryl methyl sites for hydroxylation is 1. The van der Waals surface area contributed by atoms with E-state index in [1.54, 1.807) is 4.52 Å². The summed E-state index contributed by atoms with van der Waals surface area (Å²) in [5.74, 6) is 2.00. The molecule has 0 radical (unpaired) electrons. The lowest BCUT2D eigenvalue weighted by molar-refractivity contribution is -0.140. The van der Waals surface area contributed by atoms with E-state index in [2.05, 4.69) is 25.1 Å². The zero-order valence-corrected chi connectivity index (χ0v) is 16.9. The fourth-order valence-electron chi connectivity index (χ4n) is 2.90. The van der Waals surface area contributed by atoms with Crippen LogP contribution in [0.3, 0.4) is 0 Å². The lowest BCUT2D eigenvalue weighted by Crippen LogP contribution is -2.08. The Kier molecular flexibility index (Phi) is 6.81. The zero-order chi connectivity index (χ0) is 19.9. The summed E-state index contributed by atoms with van der Waals surface area (Å²) in [6.07, 6.45) is 3.81. The number of nitrogens with zero attached hydrogens (tertiary/aromatic N) is 4. The molecule has 2 heterocycles. The molecule has 0 atom stereocenters. The topological polar surface area (TPSA) is 81.4 Å². The third kappa shape index (κ3) is 5.42. The van der Waals surface area contributed by atoms with Gasteiger partial charge in [0.05, 0.1) is 7.11 Å². The van der Waals surface area contributed by atoms with Crippen LogP contribution >= 0.6 is 11.6 Å². The predicted octanol–water partition coefficient (Wildman–Crippen LogP) is 3.82. The van der Waals surface area contributed by atoms with Gasteiger partial charge in [-0.15, -0.1) is 5.10 Å². The molecule has 0 aliphatic carbocycles. The van der Waals surface area contributed by atoms with Crippen LogP contribution in [0.2, 0.25) is 5.02 Å². The maximum Gasteiger partial charge on any atom is 0.305 e. The van der Waals surface area contributed by atoms with Crippen LogP contribution in [0.1, 0.15) is 42.8 Å². The smallest absolute Gasteiger partial charge is 0.305 e. The maximum atomic E-state index is 11.1. The number of hydrogen-bond acceptors (Lipinski definition) is 6. The first-order chi connectivity index (χ1) is 13.5. The molecule has 1 N–H and O–H groups in total. The number of carbonyl (C=O) groups excluding carboxylic acids is 1. The molecule has 0 saturated heterocycles. The summed E-state index contributed by atoms with van der Waals surface area (Å²) in [4.78, 5) is 20.2. The highest BCUT2D eigenvalue weighted by Crippen LogP contribution is 2.15. The van der Waals surface area contributed by atoms with Gasteiger partial charge >= 0.3 is 5.97 Å². The van der Waals surface area contributed by atoms with E-state index >= 15 is 0 Å². The number of fused-ring (bicyclic) bond motifs is 1. The molecule has 28 heavy (non-hydrogen) atoms. The highest BCUT2D eigenvalue weighted by molar-refractivity contribution is 6.30. The first-order valence-electron chi connectivity index (χ1n) is 9.33. The Bertz CT molecular complexity index is 940. The summed E-state index contributed by atoms with van der Waals surface area (Å²) in [6, 6.07) is 9.63. The number of nitrogens with one attached hydrogen (secondary N) is 1. The van der Waals surface area contributed by atoms with Crippen LogP contribution in [-0.2, 0) is 16.0 Å². The van der Waals surface area contributed by atoms with Gasteiger partial charge in [-0.25, -0.2) is 4.98 Å². The number of benzene rings is 1. The maximum absolute atomic E-state index is 11.1. The van der Waals surface area contributed by atoms with Crippen molar-refractivity contribution in [2.45, 2.75) is 39.0 Å². The zero-order valence-electron chi connectivity index (χ0n) is 16.1. The van der Waals surface area contributed by atoms with E-state index in [1.165, 1.54) is 7.11 Å². The second-order valence-electron chi connectivity index (χ2n) is 6.64. The van der Waals surface area contributed by atoms with Gasteiger partial charge in [0.1, 0.15) is 5.82 Å². The molecule has 0 amide bonds. The SMILES string of the molecule is COC(=O)CCCCCNc1cc(C)nc2nc(Cc3ccc(Cl)cc3)nn12. The molecule has 0 spiro atoms. The third-order valence-electron chi connectivity index (χ3n) is 4.35. The molecule has 0 bridgehead atoms. The summed E-state index contributed by atoms with van der Waals surface area (Å²) >= 11 is 5.94. The van der Waals surface area contributed by atoms with E-state index in [0.717, 1.165) is 42.9 Å². The summed E-state index contributed by atoms with van der Waals surface area (Å²) in [6.45, 7) is 2.72. The van der Waals surface area contributed by atoms with Crippen molar-refractivity contribution in [3.63, 3.8) is 0 Å². The summed E-state index contributed by atoms with van der Waals surface area (Å²) in [7, 11) is 1.42.